The van der Waals surface area contributed by atoms with Crippen molar-refractivity contribution < 1.29 is 33.4 Å². The maximum atomic E-state index is 14.0. The summed E-state index contributed by atoms with van der Waals surface area (Å²) in [5.74, 6) is 0.0576. The molecule has 0 unspecified atom stereocenters. The van der Waals surface area contributed by atoms with Gasteiger partial charge >= 0.3 is 12.2 Å². The first kappa shape index (κ1) is 30.0. The molecule has 2 N–H and O–H groups in total. The molecule has 4 atom stereocenters. The van der Waals surface area contributed by atoms with E-state index >= 15 is 0 Å². The fourth-order valence-electron chi connectivity index (χ4n) is 5.44. The van der Waals surface area contributed by atoms with Gasteiger partial charge in [0.15, 0.2) is 0 Å². The van der Waals surface area contributed by atoms with Crippen molar-refractivity contribution in [2.24, 2.45) is 0 Å². The van der Waals surface area contributed by atoms with E-state index in [1.807, 2.05) is 31.2 Å². The molecule has 11 heteroatoms. The largest absolute Gasteiger partial charge is 0.493 e. The zero-order valence-corrected chi connectivity index (χ0v) is 24.1. The molecular formula is C30H40N4O7. The van der Waals surface area contributed by atoms with Crippen LogP contribution in [0.3, 0.4) is 0 Å². The molecule has 1 aromatic carbocycles. The molecule has 4 rings (SSSR count). The number of carbonyl (C=O) groups is 4. The Morgan fingerprint density at radius 2 is 1.80 bits per heavy atom. The second kappa shape index (κ2) is 13.1. The third-order valence-electron chi connectivity index (χ3n) is 7.27. The smallest absolute Gasteiger partial charge is 0.414 e. The van der Waals surface area contributed by atoms with Crippen LogP contribution in [0.4, 0.5) is 9.59 Å². The van der Waals surface area contributed by atoms with Crippen LogP contribution in [-0.4, -0.2) is 77.2 Å². The van der Waals surface area contributed by atoms with E-state index in [0.717, 1.165) is 11.3 Å². The van der Waals surface area contributed by atoms with Crippen molar-refractivity contribution in [2.75, 3.05) is 19.7 Å². The topological polar surface area (TPSA) is 127 Å². The highest BCUT2D eigenvalue weighted by atomic mass is 16.6. The Labute approximate surface area is 240 Å². The molecule has 0 aromatic heterocycles. The summed E-state index contributed by atoms with van der Waals surface area (Å²) in [6.45, 7) is 7.65. The van der Waals surface area contributed by atoms with E-state index in [0.29, 0.717) is 38.8 Å². The normalized spacial score (nSPS) is 24.6. The van der Waals surface area contributed by atoms with Crippen LogP contribution in [0.5, 0.6) is 5.75 Å². The Hall–Kier alpha value is -4.02. The van der Waals surface area contributed by atoms with Gasteiger partial charge in [0.1, 0.15) is 23.4 Å². The molecule has 4 amide bonds. The Bertz CT molecular complexity index is 1190. The monoisotopic (exact) mass is 568 g/mol. The highest BCUT2D eigenvalue weighted by Crippen LogP contribution is 2.34. The number of hydrogen-bond acceptors (Lipinski definition) is 7. The van der Waals surface area contributed by atoms with Crippen molar-refractivity contribution in [3.05, 3.63) is 54.3 Å². The van der Waals surface area contributed by atoms with Gasteiger partial charge in [-0.2, -0.15) is 0 Å². The molecule has 222 valence electrons. The molecule has 3 heterocycles. The molecule has 2 fully saturated rings. The SMILES string of the molecule is C/C=C\C=COC(=O)N1CC[C@H]2CC[C@@H](C(=O)N[C@@H]3CCOc4ccccc43)N2C(=O)[C@@H](NC(=O)OC(C)(C)C)C1. The number of benzene rings is 1. The van der Waals surface area contributed by atoms with Crippen LogP contribution >= 0.6 is 0 Å². The number of nitrogens with one attached hydrogen (secondary N) is 2. The van der Waals surface area contributed by atoms with Crippen LogP contribution in [-0.2, 0) is 19.1 Å². The Kier molecular flexibility index (Phi) is 9.57. The van der Waals surface area contributed by atoms with Crippen LogP contribution in [0, 0.1) is 0 Å². The lowest BCUT2D eigenvalue weighted by atomic mass is 10.00. The fraction of sp³-hybridized carbons (Fsp3) is 0.533. The first-order valence-corrected chi connectivity index (χ1v) is 14.1. The summed E-state index contributed by atoms with van der Waals surface area (Å²) in [5, 5.41) is 5.77. The molecule has 0 bridgehead atoms. The van der Waals surface area contributed by atoms with E-state index in [1.165, 1.54) is 11.2 Å². The van der Waals surface area contributed by atoms with E-state index in [1.54, 1.807) is 43.9 Å². The summed E-state index contributed by atoms with van der Waals surface area (Å²) in [4.78, 5) is 56.2. The summed E-state index contributed by atoms with van der Waals surface area (Å²) in [6, 6.07) is 5.26. The van der Waals surface area contributed by atoms with Crippen LogP contribution in [0.15, 0.2) is 48.8 Å². The van der Waals surface area contributed by atoms with E-state index in [4.69, 9.17) is 14.2 Å². The number of fused-ring (bicyclic) bond motifs is 2. The molecule has 1 aromatic rings. The van der Waals surface area contributed by atoms with E-state index < -0.39 is 35.8 Å². The van der Waals surface area contributed by atoms with Gasteiger partial charge in [-0.05, 0) is 59.1 Å². The minimum atomic E-state index is -1.13. The highest BCUT2D eigenvalue weighted by molar-refractivity contribution is 5.93. The lowest BCUT2D eigenvalue weighted by molar-refractivity contribution is -0.143. The number of carbonyl (C=O) groups excluding carboxylic acids is 4. The second-order valence-corrected chi connectivity index (χ2v) is 11.4. The number of allylic oxidation sites excluding steroid dienone is 3. The number of alkyl carbamates (subject to hydrolysis) is 1. The molecule has 0 aliphatic carbocycles. The number of rotatable bonds is 5. The minimum Gasteiger partial charge on any atom is -0.493 e. The standard InChI is InChI=1S/C30H40N4O7/c1-5-6-9-17-40-29(38)33-16-14-20-12-13-24(26(35)31-22-15-18-39-25-11-8-7-10-21(22)25)34(20)27(36)23(19-33)32-28(37)41-30(2,3)4/h5-11,17,20,22-24H,12-16,18-19H2,1-4H3,(H,31,35)(H,32,37)/b6-5-,17-9?/t20-,22-,23+,24+/m1/s1. The number of hydrogen-bond donors (Lipinski definition) is 2. The van der Waals surface area contributed by atoms with Crippen LogP contribution in [0.25, 0.3) is 0 Å². The van der Waals surface area contributed by atoms with Gasteiger partial charge in [-0.1, -0.05) is 30.4 Å². The van der Waals surface area contributed by atoms with Crippen molar-refractivity contribution >= 4 is 24.0 Å². The first-order valence-electron chi connectivity index (χ1n) is 14.1. The van der Waals surface area contributed by atoms with Gasteiger partial charge in [0.05, 0.1) is 25.5 Å². The van der Waals surface area contributed by atoms with Gasteiger partial charge in [-0.3, -0.25) is 9.59 Å². The third kappa shape index (κ3) is 7.59. The zero-order chi connectivity index (χ0) is 29.6. The molecule has 41 heavy (non-hydrogen) atoms. The molecule has 0 spiro atoms. The van der Waals surface area contributed by atoms with Gasteiger partial charge < -0.3 is 34.6 Å². The molecule has 2 saturated heterocycles. The molecule has 0 saturated carbocycles. The lowest BCUT2D eigenvalue weighted by Crippen LogP contribution is -2.61. The van der Waals surface area contributed by atoms with Gasteiger partial charge in [0.2, 0.25) is 11.8 Å². The molecule has 0 radical (unpaired) electrons. The number of ether oxygens (including phenoxy) is 3. The van der Waals surface area contributed by atoms with E-state index in [9.17, 15) is 19.2 Å². The average molecular weight is 569 g/mol. The number of nitrogens with zero attached hydrogens (tertiary/aromatic N) is 2. The number of amides is 4. The van der Waals surface area contributed by atoms with E-state index in [2.05, 4.69) is 10.6 Å². The first-order chi connectivity index (χ1) is 19.6. The van der Waals surface area contributed by atoms with Gasteiger partial charge in [-0.25, -0.2) is 9.59 Å². The van der Waals surface area contributed by atoms with Crippen LogP contribution < -0.4 is 15.4 Å². The van der Waals surface area contributed by atoms with Gasteiger partial charge in [-0.15, -0.1) is 0 Å². The summed E-state index contributed by atoms with van der Waals surface area (Å²) in [6.07, 6.45) is 7.12. The summed E-state index contributed by atoms with van der Waals surface area (Å²) >= 11 is 0. The summed E-state index contributed by atoms with van der Waals surface area (Å²) in [5.41, 5.74) is 0.117. The predicted molar refractivity (Wildman–Crippen MR) is 151 cm³/mol. The Morgan fingerprint density at radius 3 is 2.56 bits per heavy atom. The van der Waals surface area contributed by atoms with Crippen molar-refractivity contribution in [1.82, 2.24) is 20.4 Å². The molecular weight excluding hydrogens is 528 g/mol. The van der Waals surface area contributed by atoms with Crippen molar-refractivity contribution in [1.29, 1.82) is 0 Å². The summed E-state index contributed by atoms with van der Waals surface area (Å²) < 4.78 is 16.4. The highest BCUT2D eigenvalue weighted by Gasteiger charge is 2.46. The maximum Gasteiger partial charge on any atom is 0.414 e. The minimum absolute atomic E-state index is 0.126. The van der Waals surface area contributed by atoms with Gasteiger partial charge in [0.25, 0.3) is 0 Å². The lowest BCUT2D eigenvalue weighted by Gasteiger charge is -2.38. The fourth-order valence-corrected chi connectivity index (χ4v) is 5.44. The molecule has 3 aliphatic rings. The van der Waals surface area contributed by atoms with Crippen molar-refractivity contribution in [3.8, 4) is 5.75 Å². The maximum absolute atomic E-state index is 14.0. The Morgan fingerprint density at radius 1 is 1.02 bits per heavy atom. The van der Waals surface area contributed by atoms with Crippen molar-refractivity contribution in [2.45, 2.75) is 83.1 Å². The van der Waals surface area contributed by atoms with Gasteiger partial charge in [0, 0.05) is 24.6 Å². The van der Waals surface area contributed by atoms with Crippen molar-refractivity contribution in [3.63, 3.8) is 0 Å². The zero-order valence-electron chi connectivity index (χ0n) is 24.1. The third-order valence-corrected chi connectivity index (χ3v) is 7.27. The second-order valence-electron chi connectivity index (χ2n) is 11.4. The quantitative estimate of drug-likeness (QED) is 0.409. The van der Waals surface area contributed by atoms with Crippen LogP contribution in [0.1, 0.15) is 65.0 Å². The van der Waals surface area contributed by atoms with Crippen LogP contribution in [0.2, 0.25) is 0 Å². The van der Waals surface area contributed by atoms with E-state index in [-0.39, 0.29) is 24.5 Å². The predicted octanol–water partition coefficient (Wildman–Crippen LogP) is 3.81. The Balaban J connectivity index is 1.53. The number of para-hydroxylation sites is 1. The summed E-state index contributed by atoms with van der Waals surface area (Å²) in [7, 11) is 0. The molecule has 11 nitrogen and oxygen atoms in total. The molecule has 3 aliphatic heterocycles. The average Bonchev–Trinajstić information content (AvgIpc) is 3.34.